The summed E-state index contributed by atoms with van der Waals surface area (Å²) < 4.78 is 0. The number of nitrogens with zero attached hydrogens (tertiary/aromatic N) is 3. The van der Waals surface area contributed by atoms with Gasteiger partial charge in [0.05, 0.1) is 17.9 Å². The van der Waals surface area contributed by atoms with Gasteiger partial charge in [0, 0.05) is 43.8 Å². The van der Waals surface area contributed by atoms with Crippen LogP contribution >= 0.6 is 0 Å². The third-order valence-electron chi connectivity index (χ3n) is 7.91. The first-order valence-electron chi connectivity index (χ1n) is 12.5. The number of aryl methyl sites for hydroxylation is 1. The number of carbonyl (C=O) groups excluding carboxylic acids is 1. The van der Waals surface area contributed by atoms with Crippen molar-refractivity contribution in [1.29, 1.82) is 0 Å². The van der Waals surface area contributed by atoms with Gasteiger partial charge in [-0.15, -0.1) is 0 Å². The molecule has 0 spiro atoms. The molecule has 3 heterocycles. The lowest BCUT2D eigenvalue weighted by Crippen LogP contribution is -2.54. The third kappa shape index (κ3) is 4.54. The maximum atomic E-state index is 12.9. The van der Waals surface area contributed by atoms with E-state index in [1.807, 2.05) is 12.4 Å². The number of fused-ring (bicyclic) bond motifs is 2. The molecule has 1 aromatic carbocycles. The highest BCUT2D eigenvalue weighted by atomic mass is 16.1. The fraction of sp³-hybridized carbons (Fsp3) is 0.556. The summed E-state index contributed by atoms with van der Waals surface area (Å²) in [4.78, 5) is 22.5. The molecule has 2 aromatic rings. The largest absolute Gasteiger partial charge is 0.367 e. The summed E-state index contributed by atoms with van der Waals surface area (Å²) in [5.41, 5.74) is 3.83. The van der Waals surface area contributed by atoms with Gasteiger partial charge in [0.25, 0.3) is 0 Å². The summed E-state index contributed by atoms with van der Waals surface area (Å²) >= 11 is 0. The highest BCUT2D eigenvalue weighted by molar-refractivity contribution is 5.79. The molecule has 1 aromatic heterocycles. The Balaban J connectivity index is 1.24. The summed E-state index contributed by atoms with van der Waals surface area (Å²) in [5, 5.41) is 3.42. The van der Waals surface area contributed by atoms with Gasteiger partial charge in [0.1, 0.15) is 0 Å². The third-order valence-corrected chi connectivity index (χ3v) is 7.91. The number of pyridine rings is 1. The average molecular weight is 433 g/mol. The molecule has 1 saturated carbocycles. The van der Waals surface area contributed by atoms with Gasteiger partial charge < -0.3 is 10.2 Å². The van der Waals surface area contributed by atoms with E-state index in [0.717, 1.165) is 38.9 Å². The van der Waals surface area contributed by atoms with Crippen molar-refractivity contribution in [3.63, 3.8) is 0 Å². The predicted molar refractivity (Wildman–Crippen MR) is 129 cm³/mol. The highest BCUT2D eigenvalue weighted by Gasteiger charge is 2.40. The van der Waals surface area contributed by atoms with E-state index in [1.54, 1.807) is 0 Å². The second kappa shape index (κ2) is 9.62. The SMILES string of the molecule is Cc1ccncc1N1CC2CCC(C1)N2CCC(NC(=O)C1CCCC1)c1ccccc1. The molecule has 3 fully saturated rings. The van der Waals surface area contributed by atoms with Crippen molar-refractivity contribution in [2.45, 2.75) is 70.0 Å². The average Bonchev–Trinajstić information content (AvgIpc) is 3.43. The Bertz CT molecular complexity index is 897. The van der Waals surface area contributed by atoms with Crippen LogP contribution in [0.3, 0.4) is 0 Å². The van der Waals surface area contributed by atoms with Gasteiger partial charge in [-0.3, -0.25) is 14.7 Å². The first-order chi connectivity index (χ1) is 15.7. The van der Waals surface area contributed by atoms with E-state index in [9.17, 15) is 4.79 Å². The molecule has 2 saturated heterocycles. The molecule has 3 unspecified atom stereocenters. The van der Waals surface area contributed by atoms with Crippen molar-refractivity contribution in [1.82, 2.24) is 15.2 Å². The fourth-order valence-electron chi connectivity index (χ4n) is 6.10. The first-order valence-corrected chi connectivity index (χ1v) is 12.5. The molecule has 5 rings (SSSR count). The van der Waals surface area contributed by atoms with Crippen molar-refractivity contribution in [2.75, 3.05) is 24.5 Å². The van der Waals surface area contributed by atoms with Gasteiger partial charge in [-0.1, -0.05) is 43.2 Å². The van der Waals surface area contributed by atoms with Crippen LogP contribution in [0.2, 0.25) is 0 Å². The number of benzene rings is 1. The summed E-state index contributed by atoms with van der Waals surface area (Å²) in [6.45, 7) is 5.38. The number of aromatic nitrogens is 1. The molecule has 170 valence electrons. The minimum atomic E-state index is 0.0993. The maximum Gasteiger partial charge on any atom is 0.223 e. The zero-order chi connectivity index (χ0) is 21.9. The van der Waals surface area contributed by atoms with Gasteiger partial charge in [-0.2, -0.15) is 0 Å². The molecule has 32 heavy (non-hydrogen) atoms. The monoisotopic (exact) mass is 432 g/mol. The van der Waals surface area contributed by atoms with E-state index in [4.69, 9.17) is 0 Å². The quantitative estimate of drug-likeness (QED) is 0.701. The van der Waals surface area contributed by atoms with Crippen LogP contribution in [0, 0.1) is 12.8 Å². The zero-order valence-corrected chi connectivity index (χ0v) is 19.2. The molecule has 5 heteroatoms. The smallest absolute Gasteiger partial charge is 0.223 e. The van der Waals surface area contributed by atoms with E-state index in [0.29, 0.717) is 12.1 Å². The molecule has 1 N–H and O–H groups in total. The molecule has 5 nitrogen and oxygen atoms in total. The highest BCUT2D eigenvalue weighted by Crippen LogP contribution is 2.34. The van der Waals surface area contributed by atoms with E-state index in [2.05, 4.69) is 63.4 Å². The lowest BCUT2D eigenvalue weighted by atomic mass is 10.00. The first kappa shape index (κ1) is 21.4. The molecule has 0 radical (unpaired) electrons. The van der Waals surface area contributed by atoms with Crippen LogP contribution in [0.15, 0.2) is 48.8 Å². The lowest BCUT2D eigenvalue weighted by Gasteiger charge is -2.43. The standard InChI is InChI=1S/C27H36N4O/c1-20-13-15-28-17-26(20)30-18-23-11-12-24(19-30)31(23)16-14-25(21-7-3-2-4-8-21)29-27(32)22-9-5-6-10-22/h2-4,7-8,13,15,17,22-25H,5-6,9-12,14,16,18-19H2,1H3,(H,29,32). The topological polar surface area (TPSA) is 48.5 Å². The Kier molecular flexibility index (Phi) is 6.44. The number of rotatable bonds is 7. The maximum absolute atomic E-state index is 12.9. The van der Waals surface area contributed by atoms with Crippen molar-refractivity contribution in [2.24, 2.45) is 5.92 Å². The number of amides is 1. The molecule has 3 atom stereocenters. The van der Waals surface area contributed by atoms with Gasteiger partial charge in [0.15, 0.2) is 0 Å². The van der Waals surface area contributed by atoms with E-state index >= 15 is 0 Å². The molecule has 3 aliphatic rings. The second-order valence-electron chi connectivity index (χ2n) is 9.93. The van der Waals surface area contributed by atoms with Crippen LogP contribution in [0.5, 0.6) is 0 Å². The van der Waals surface area contributed by atoms with E-state index < -0.39 is 0 Å². The normalized spacial score (nSPS) is 24.6. The number of carbonyl (C=O) groups is 1. The Morgan fingerprint density at radius 3 is 2.47 bits per heavy atom. The van der Waals surface area contributed by atoms with Gasteiger partial charge in [-0.25, -0.2) is 0 Å². The Labute approximate surface area is 192 Å². The van der Waals surface area contributed by atoms with Crippen LogP contribution in [-0.4, -0.2) is 47.5 Å². The van der Waals surface area contributed by atoms with E-state index in [1.165, 1.54) is 42.5 Å². The second-order valence-corrected chi connectivity index (χ2v) is 9.93. The zero-order valence-electron chi connectivity index (χ0n) is 19.2. The van der Waals surface area contributed by atoms with E-state index in [-0.39, 0.29) is 17.9 Å². The molecular weight excluding hydrogens is 396 g/mol. The number of hydrogen-bond acceptors (Lipinski definition) is 4. The molecule has 1 amide bonds. The van der Waals surface area contributed by atoms with Crippen LogP contribution in [0.4, 0.5) is 5.69 Å². The molecule has 2 aliphatic heterocycles. The lowest BCUT2D eigenvalue weighted by molar-refractivity contribution is -0.125. The van der Waals surface area contributed by atoms with Gasteiger partial charge >= 0.3 is 0 Å². The van der Waals surface area contributed by atoms with Crippen LogP contribution < -0.4 is 10.2 Å². The number of piperazine rings is 1. The van der Waals surface area contributed by atoms with Crippen molar-refractivity contribution in [3.8, 4) is 0 Å². The molecular formula is C27H36N4O. The minimum Gasteiger partial charge on any atom is -0.367 e. The predicted octanol–water partition coefficient (Wildman–Crippen LogP) is 4.48. The fourth-order valence-corrected chi connectivity index (χ4v) is 6.10. The summed E-state index contributed by atoms with van der Waals surface area (Å²) in [7, 11) is 0. The Hall–Kier alpha value is -2.40. The van der Waals surface area contributed by atoms with Gasteiger partial charge in [-0.05, 0) is 56.2 Å². The number of hydrogen-bond donors (Lipinski definition) is 1. The van der Waals surface area contributed by atoms with Crippen molar-refractivity contribution < 1.29 is 4.79 Å². The van der Waals surface area contributed by atoms with Crippen LogP contribution in [0.1, 0.15) is 62.1 Å². The number of nitrogens with one attached hydrogen (secondary N) is 1. The summed E-state index contributed by atoms with van der Waals surface area (Å²) in [5.74, 6) is 0.472. The molecule has 2 bridgehead atoms. The van der Waals surface area contributed by atoms with Crippen LogP contribution in [0.25, 0.3) is 0 Å². The Morgan fingerprint density at radius 1 is 1.06 bits per heavy atom. The minimum absolute atomic E-state index is 0.0993. The number of anilines is 1. The van der Waals surface area contributed by atoms with Gasteiger partial charge in [0.2, 0.25) is 5.91 Å². The van der Waals surface area contributed by atoms with Crippen molar-refractivity contribution >= 4 is 11.6 Å². The molecule has 1 aliphatic carbocycles. The van der Waals surface area contributed by atoms with Crippen LogP contribution in [-0.2, 0) is 4.79 Å². The summed E-state index contributed by atoms with van der Waals surface area (Å²) in [6.07, 6.45) is 11.9. The van der Waals surface area contributed by atoms with Crippen molar-refractivity contribution in [3.05, 3.63) is 59.9 Å². The Morgan fingerprint density at radius 2 is 1.78 bits per heavy atom. The summed E-state index contributed by atoms with van der Waals surface area (Å²) in [6, 6.07) is 14.0.